The molecular formula is C23H18ClF3N2O4. The van der Waals surface area contributed by atoms with E-state index >= 15 is 0 Å². The second-order valence-corrected chi connectivity index (χ2v) is 7.52. The minimum absolute atomic E-state index is 0.331. The van der Waals surface area contributed by atoms with Crippen LogP contribution in [-0.4, -0.2) is 16.4 Å². The van der Waals surface area contributed by atoms with Crippen LogP contribution in [0.25, 0.3) is 0 Å². The first-order valence-electron chi connectivity index (χ1n) is 9.64. The predicted octanol–water partition coefficient (Wildman–Crippen LogP) is 4.75. The summed E-state index contributed by atoms with van der Waals surface area (Å²) in [5, 5.41) is 3.02. The first-order chi connectivity index (χ1) is 15.5. The van der Waals surface area contributed by atoms with Crippen molar-refractivity contribution in [2.45, 2.75) is 25.7 Å². The molecule has 0 saturated heterocycles. The molecule has 0 bridgehead atoms. The largest absolute Gasteiger partial charge is 0.446 e. The highest BCUT2D eigenvalue weighted by Crippen LogP contribution is 2.28. The number of halogens is 4. The van der Waals surface area contributed by atoms with E-state index in [4.69, 9.17) is 16.3 Å². The maximum absolute atomic E-state index is 12.9. The number of aryl methyl sites for hydroxylation is 1. The van der Waals surface area contributed by atoms with Gasteiger partial charge in [-0.05, 0) is 30.7 Å². The van der Waals surface area contributed by atoms with Crippen molar-refractivity contribution in [3.8, 4) is 0 Å². The van der Waals surface area contributed by atoms with Crippen LogP contribution >= 0.6 is 11.6 Å². The van der Waals surface area contributed by atoms with Crippen molar-refractivity contribution in [2.75, 3.05) is 5.32 Å². The van der Waals surface area contributed by atoms with E-state index in [0.717, 1.165) is 5.56 Å². The number of benzene rings is 2. The Kier molecular flexibility index (Phi) is 7.23. The van der Waals surface area contributed by atoms with Gasteiger partial charge in [-0.2, -0.15) is 13.2 Å². The quantitative estimate of drug-likeness (QED) is 0.519. The fraction of sp³-hybridized carbons (Fsp3) is 0.174. The number of esters is 1. The average Bonchev–Trinajstić information content (AvgIpc) is 2.76. The number of hydrogen-bond acceptors (Lipinski definition) is 4. The normalized spacial score (nSPS) is 12.2. The molecule has 2 aromatic carbocycles. The number of anilines is 1. The summed E-state index contributed by atoms with van der Waals surface area (Å²) in [7, 11) is 0. The first-order valence-corrected chi connectivity index (χ1v) is 10.0. The number of alkyl halides is 3. The third-order valence-electron chi connectivity index (χ3n) is 4.64. The Bertz CT molecular complexity index is 1230. The van der Waals surface area contributed by atoms with Gasteiger partial charge in [-0.25, -0.2) is 0 Å². The average molecular weight is 479 g/mol. The molecular weight excluding hydrogens is 461 g/mol. The fourth-order valence-electron chi connectivity index (χ4n) is 2.91. The molecule has 1 atom stereocenters. The lowest BCUT2D eigenvalue weighted by molar-refractivity contribution is -0.155. The first kappa shape index (κ1) is 24.1. The van der Waals surface area contributed by atoms with E-state index < -0.39 is 41.8 Å². The number of nitrogens with zero attached hydrogens (tertiary/aromatic N) is 1. The van der Waals surface area contributed by atoms with Crippen molar-refractivity contribution in [2.24, 2.45) is 0 Å². The lowest BCUT2D eigenvalue weighted by Gasteiger charge is -2.19. The predicted molar refractivity (Wildman–Crippen MR) is 116 cm³/mol. The molecule has 33 heavy (non-hydrogen) atoms. The van der Waals surface area contributed by atoms with Gasteiger partial charge in [-0.3, -0.25) is 14.4 Å². The summed E-state index contributed by atoms with van der Waals surface area (Å²) in [6.45, 7) is 0.980. The molecule has 0 aliphatic rings. The van der Waals surface area contributed by atoms with Gasteiger partial charge in [0.25, 0.3) is 11.5 Å². The number of aromatic nitrogens is 1. The number of hydrogen-bond donors (Lipinski definition) is 1. The van der Waals surface area contributed by atoms with E-state index in [-0.39, 0.29) is 0 Å². The maximum atomic E-state index is 12.9. The summed E-state index contributed by atoms with van der Waals surface area (Å²) in [6, 6.07) is 14.2. The molecule has 0 radical (unpaired) electrons. The van der Waals surface area contributed by atoms with Gasteiger partial charge in [0.15, 0.2) is 0 Å². The van der Waals surface area contributed by atoms with E-state index in [9.17, 15) is 27.6 Å². The van der Waals surface area contributed by atoms with Gasteiger partial charge in [0, 0.05) is 28.5 Å². The van der Waals surface area contributed by atoms with Gasteiger partial charge >= 0.3 is 12.1 Å². The molecule has 3 aromatic rings. The van der Waals surface area contributed by atoms with Gasteiger partial charge in [0.1, 0.15) is 6.54 Å². The smallest absolute Gasteiger partial charge is 0.417 e. The van der Waals surface area contributed by atoms with Crippen LogP contribution in [0.3, 0.4) is 0 Å². The Morgan fingerprint density at radius 3 is 2.42 bits per heavy atom. The molecule has 0 aliphatic carbocycles. The van der Waals surface area contributed by atoms with Crippen molar-refractivity contribution in [1.29, 1.82) is 0 Å². The summed E-state index contributed by atoms with van der Waals surface area (Å²) in [5.41, 5.74) is -0.426. The number of pyridine rings is 1. The zero-order chi connectivity index (χ0) is 24.2. The van der Waals surface area contributed by atoms with E-state index in [0.29, 0.717) is 39.2 Å². The number of ether oxygens (including phenoxy) is 1. The van der Waals surface area contributed by atoms with Crippen LogP contribution in [-0.2, 0) is 27.0 Å². The second-order valence-electron chi connectivity index (χ2n) is 7.12. The van der Waals surface area contributed by atoms with Crippen LogP contribution < -0.4 is 10.9 Å². The molecule has 0 fully saturated rings. The standard InChI is InChI=1S/C23H18ClF3N2O4/c1-14-7-9-17(11-18(14)24)28-22(32)21(15-5-3-2-4-6-15)33-20(31)13-29-12-16(23(25,26)27)8-10-19(29)30/h2-12,21H,13H2,1H3,(H,28,32). The Morgan fingerprint density at radius 2 is 1.79 bits per heavy atom. The lowest BCUT2D eigenvalue weighted by atomic mass is 10.1. The molecule has 3 rings (SSSR count). The van der Waals surface area contributed by atoms with E-state index in [1.807, 2.05) is 0 Å². The number of nitrogens with one attached hydrogen (secondary N) is 1. The molecule has 172 valence electrons. The summed E-state index contributed by atoms with van der Waals surface area (Å²) in [4.78, 5) is 37.3. The van der Waals surface area contributed by atoms with Crippen LogP contribution in [0, 0.1) is 6.92 Å². The van der Waals surface area contributed by atoms with Crippen molar-refractivity contribution >= 4 is 29.2 Å². The van der Waals surface area contributed by atoms with Gasteiger partial charge in [0.2, 0.25) is 6.10 Å². The maximum Gasteiger partial charge on any atom is 0.417 e. The molecule has 0 aliphatic heterocycles. The third kappa shape index (κ3) is 6.23. The van der Waals surface area contributed by atoms with Gasteiger partial charge in [-0.1, -0.05) is 48.0 Å². The van der Waals surface area contributed by atoms with Gasteiger partial charge in [-0.15, -0.1) is 0 Å². The van der Waals surface area contributed by atoms with Crippen molar-refractivity contribution in [3.63, 3.8) is 0 Å². The molecule has 1 aromatic heterocycles. The van der Waals surface area contributed by atoms with Crippen LogP contribution in [0.2, 0.25) is 5.02 Å². The van der Waals surface area contributed by atoms with Crippen molar-refractivity contribution < 1.29 is 27.5 Å². The SMILES string of the molecule is Cc1ccc(NC(=O)C(OC(=O)Cn2cc(C(F)(F)F)ccc2=O)c2ccccc2)cc1Cl. The van der Waals surface area contributed by atoms with Crippen molar-refractivity contribution in [1.82, 2.24) is 4.57 Å². The monoisotopic (exact) mass is 478 g/mol. The van der Waals surface area contributed by atoms with Crippen molar-refractivity contribution in [3.05, 3.63) is 98.9 Å². The van der Waals surface area contributed by atoms with Gasteiger partial charge < -0.3 is 14.6 Å². The number of carbonyl (C=O) groups excluding carboxylic acids is 2. The molecule has 10 heteroatoms. The van der Waals surface area contributed by atoms with Crippen LogP contribution in [0.15, 0.2) is 71.7 Å². The number of carbonyl (C=O) groups is 2. The molecule has 1 amide bonds. The summed E-state index contributed by atoms with van der Waals surface area (Å²) in [5.74, 6) is -1.77. The summed E-state index contributed by atoms with van der Waals surface area (Å²) in [6.07, 6.45) is -5.59. The summed E-state index contributed by atoms with van der Waals surface area (Å²) < 4.78 is 44.7. The molecule has 1 unspecified atom stereocenters. The highest BCUT2D eigenvalue weighted by molar-refractivity contribution is 6.31. The summed E-state index contributed by atoms with van der Waals surface area (Å²) >= 11 is 6.08. The van der Waals surface area contributed by atoms with Crippen LogP contribution in [0.1, 0.15) is 22.8 Å². The Hall–Kier alpha value is -3.59. The highest BCUT2D eigenvalue weighted by atomic mass is 35.5. The van der Waals surface area contributed by atoms with Crippen LogP contribution in [0.4, 0.5) is 18.9 Å². The fourth-order valence-corrected chi connectivity index (χ4v) is 3.09. The zero-order valence-corrected chi connectivity index (χ0v) is 18.0. The zero-order valence-electron chi connectivity index (χ0n) is 17.2. The topological polar surface area (TPSA) is 77.4 Å². The number of rotatable bonds is 6. The van der Waals surface area contributed by atoms with E-state index in [2.05, 4.69) is 5.32 Å². The Morgan fingerprint density at radius 1 is 1.09 bits per heavy atom. The molecule has 1 heterocycles. The molecule has 1 N–H and O–H groups in total. The highest BCUT2D eigenvalue weighted by Gasteiger charge is 2.31. The molecule has 0 saturated carbocycles. The number of amides is 1. The Balaban J connectivity index is 1.82. The third-order valence-corrected chi connectivity index (χ3v) is 5.05. The second kappa shape index (κ2) is 9.91. The van der Waals surface area contributed by atoms with E-state index in [1.54, 1.807) is 49.4 Å². The minimum Gasteiger partial charge on any atom is -0.446 e. The molecule has 0 spiro atoms. The Labute approximate surface area is 191 Å². The van der Waals surface area contributed by atoms with Gasteiger partial charge in [0.05, 0.1) is 5.56 Å². The lowest BCUT2D eigenvalue weighted by Crippen LogP contribution is -2.30. The van der Waals surface area contributed by atoms with E-state index in [1.165, 1.54) is 6.07 Å². The van der Waals surface area contributed by atoms with Crippen LogP contribution in [0.5, 0.6) is 0 Å². The minimum atomic E-state index is -4.69. The molecule has 6 nitrogen and oxygen atoms in total.